The van der Waals surface area contributed by atoms with Gasteiger partial charge in [0, 0.05) is 65.8 Å². The van der Waals surface area contributed by atoms with Crippen molar-refractivity contribution in [1.29, 1.82) is 0 Å². The summed E-state index contributed by atoms with van der Waals surface area (Å²) in [5.41, 5.74) is 7.75. The van der Waals surface area contributed by atoms with E-state index in [4.69, 9.17) is 4.74 Å². The van der Waals surface area contributed by atoms with Crippen molar-refractivity contribution < 1.29 is 9.13 Å². The van der Waals surface area contributed by atoms with Crippen LogP contribution in [0.15, 0.2) is 67.3 Å². The predicted octanol–water partition coefficient (Wildman–Crippen LogP) is 6.44. The maximum Gasteiger partial charge on any atom is 0.155 e. The zero-order chi connectivity index (χ0) is 30.2. The summed E-state index contributed by atoms with van der Waals surface area (Å²) in [7, 11) is 0. The topological polar surface area (TPSA) is 98.8 Å². The number of H-pyrrole nitrogens is 2. The highest BCUT2D eigenvalue weighted by Gasteiger charge is 2.18. The third-order valence-corrected chi connectivity index (χ3v) is 8.99. The molecule has 0 atom stereocenters. The summed E-state index contributed by atoms with van der Waals surface area (Å²) in [4.78, 5) is 22.1. The highest BCUT2D eigenvalue weighted by atomic mass is 19.1. The summed E-state index contributed by atoms with van der Waals surface area (Å²) in [5, 5.41) is 9.47. The van der Waals surface area contributed by atoms with Crippen molar-refractivity contribution in [3.05, 3.63) is 78.6 Å². The molecule has 10 heteroatoms. The number of ether oxygens (including phenoxy) is 1. The smallest absolute Gasteiger partial charge is 0.155 e. The molecule has 2 saturated heterocycles. The van der Waals surface area contributed by atoms with Gasteiger partial charge >= 0.3 is 0 Å². The number of benzene rings is 1. The molecule has 0 saturated carbocycles. The number of aromatic nitrogens is 6. The Hall–Kier alpha value is -4.67. The number of nitrogens with one attached hydrogen (secondary N) is 2. The van der Waals surface area contributed by atoms with Crippen molar-refractivity contribution >= 4 is 22.1 Å². The zero-order valence-electron chi connectivity index (χ0n) is 25.1. The number of pyridine rings is 3. The maximum absolute atomic E-state index is 14.8. The average Bonchev–Trinajstić information content (AvgIpc) is 3.88. The highest BCUT2D eigenvalue weighted by molar-refractivity contribution is 5.99. The minimum absolute atomic E-state index is 0.333. The Labute approximate surface area is 260 Å². The quantitative estimate of drug-likeness (QED) is 0.197. The summed E-state index contributed by atoms with van der Waals surface area (Å²) < 4.78 is 20.8. The summed E-state index contributed by atoms with van der Waals surface area (Å²) in [5.74, 6) is 0.195. The molecule has 1 aromatic carbocycles. The zero-order valence-corrected chi connectivity index (χ0v) is 25.1. The minimum atomic E-state index is -0.333. The fourth-order valence-electron chi connectivity index (χ4n) is 6.70. The van der Waals surface area contributed by atoms with Gasteiger partial charge in [-0.3, -0.25) is 19.9 Å². The monoisotopic (exact) mass is 602 g/mol. The van der Waals surface area contributed by atoms with Crippen LogP contribution in [-0.2, 0) is 6.54 Å². The van der Waals surface area contributed by atoms with Gasteiger partial charge in [0.15, 0.2) is 5.65 Å². The van der Waals surface area contributed by atoms with E-state index in [1.54, 1.807) is 12.3 Å². The standard InChI is InChI=1S/C35H35FN8O/c36-27-14-24(15-28(17-27)45-12-11-43-7-1-2-8-43)29-5-6-38-34-30(29)18-32(40-34)33-31-16-26(21-39-35(31)42-41-33)25-13-23(19-37-20-25)22-44-9-3-4-10-44/h5-6,13-21H,1-4,7-12,22H2,(H,38,40)(H,39,41,42). The molecule has 0 bridgehead atoms. The Kier molecular flexibility index (Phi) is 7.44. The minimum Gasteiger partial charge on any atom is -0.492 e. The van der Waals surface area contributed by atoms with Gasteiger partial charge in [-0.25, -0.2) is 14.4 Å². The van der Waals surface area contributed by atoms with Gasteiger partial charge in [-0.2, -0.15) is 5.10 Å². The van der Waals surface area contributed by atoms with Crippen molar-refractivity contribution in [1.82, 2.24) is 39.9 Å². The summed E-state index contributed by atoms with van der Waals surface area (Å²) in [6.07, 6.45) is 12.4. The van der Waals surface area contributed by atoms with Crippen LogP contribution in [0.25, 0.3) is 55.7 Å². The third kappa shape index (κ3) is 5.79. The van der Waals surface area contributed by atoms with Gasteiger partial charge in [0.2, 0.25) is 0 Å². The number of nitrogens with zero attached hydrogens (tertiary/aromatic N) is 6. The van der Waals surface area contributed by atoms with Crippen molar-refractivity contribution in [2.45, 2.75) is 32.2 Å². The van der Waals surface area contributed by atoms with Gasteiger partial charge in [-0.05, 0) is 105 Å². The first kappa shape index (κ1) is 27.8. The van der Waals surface area contributed by atoms with Gasteiger partial charge in [0.1, 0.15) is 29.5 Å². The van der Waals surface area contributed by atoms with Crippen molar-refractivity contribution in [3.8, 4) is 39.4 Å². The molecule has 2 N–H and O–H groups in total. The SMILES string of the molecule is Fc1cc(OCCN2CCCC2)cc(-c2ccnc3[nH]c(-c4n[nH]c5ncc(-c6cncc(CN7CCCC7)c6)cc45)cc23)c1. The Morgan fingerprint density at radius 2 is 1.60 bits per heavy atom. The summed E-state index contributed by atoms with van der Waals surface area (Å²) >= 11 is 0. The summed E-state index contributed by atoms with van der Waals surface area (Å²) in [6.45, 7) is 6.79. The highest BCUT2D eigenvalue weighted by Crippen LogP contribution is 2.35. The lowest BCUT2D eigenvalue weighted by Gasteiger charge is -2.15. The molecule has 228 valence electrons. The van der Waals surface area contributed by atoms with E-state index < -0.39 is 0 Å². The molecule has 9 nitrogen and oxygen atoms in total. The van der Waals surface area contributed by atoms with Gasteiger partial charge in [-0.1, -0.05) is 0 Å². The lowest BCUT2D eigenvalue weighted by Crippen LogP contribution is -2.25. The second-order valence-corrected chi connectivity index (χ2v) is 12.1. The van der Waals surface area contributed by atoms with Gasteiger partial charge in [0.05, 0.1) is 5.69 Å². The van der Waals surface area contributed by atoms with E-state index in [2.05, 4.69) is 52.1 Å². The number of rotatable bonds is 9. The Bertz CT molecular complexity index is 1970. The molecule has 0 aliphatic carbocycles. The van der Waals surface area contributed by atoms with E-state index in [0.717, 1.165) is 83.7 Å². The van der Waals surface area contributed by atoms with E-state index in [-0.39, 0.29) is 5.82 Å². The molecular formula is C35H35FN8O. The van der Waals surface area contributed by atoms with Gasteiger partial charge in [-0.15, -0.1) is 0 Å². The molecule has 2 fully saturated rings. The number of hydrogen-bond acceptors (Lipinski definition) is 7. The molecule has 6 aromatic rings. The normalized spacial score (nSPS) is 15.9. The van der Waals surface area contributed by atoms with Crippen LogP contribution in [0.4, 0.5) is 4.39 Å². The van der Waals surface area contributed by atoms with Crippen LogP contribution in [0.5, 0.6) is 5.75 Å². The average molecular weight is 603 g/mol. The van der Waals surface area contributed by atoms with Crippen molar-refractivity contribution in [3.63, 3.8) is 0 Å². The number of aromatic amines is 2. The van der Waals surface area contributed by atoms with Crippen molar-refractivity contribution in [2.24, 2.45) is 0 Å². The number of halogens is 1. The van der Waals surface area contributed by atoms with E-state index in [9.17, 15) is 4.39 Å². The molecule has 8 rings (SSSR count). The van der Waals surface area contributed by atoms with Crippen LogP contribution >= 0.6 is 0 Å². The van der Waals surface area contributed by atoms with E-state index >= 15 is 0 Å². The fraction of sp³-hybridized carbons (Fsp3) is 0.314. The Balaban J connectivity index is 1.09. The third-order valence-electron chi connectivity index (χ3n) is 8.99. The number of likely N-dealkylation sites (tertiary alicyclic amines) is 2. The molecule has 0 spiro atoms. The first-order valence-electron chi connectivity index (χ1n) is 15.8. The molecule has 0 radical (unpaired) electrons. The first-order valence-corrected chi connectivity index (χ1v) is 15.8. The fourth-order valence-corrected chi connectivity index (χ4v) is 6.70. The molecule has 0 unspecified atom stereocenters. The van der Waals surface area contributed by atoms with Crippen LogP contribution in [0.2, 0.25) is 0 Å². The predicted molar refractivity (Wildman–Crippen MR) is 173 cm³/mol. The number of hydrogen-bond donors (Lipinski definition) is 2. The van der Waals surface area contributed by atoms with Crippen LogP contribution in [0.3, 0.4) is 0 Å². The number of fused-ring (bicyclic) bond motifs is 2. The first-order chi connectivity index (χ1) is 22.2. The van der Waals surface area contributed by atoms with Crippen LogP contribution < -0.4 is 4.74 Å². The lowest BCUT2D eigenvalue weighted by atomic mass is 10.0. The van der Waals surface area contributed by atoms with Crippen molar-refractivity contribution in [2.75, 3.05) is 39.3 Å². The molecule has 7 heterocycles. The molecule has 2 aliphatic rings. The second kappa shape index (κ2) is 12.0. The Morgan fingerprint density at radius 3 is 2.47 bits per heavy atom. The molecule has 0 amide bonds. The largest absolute Gasteiger partial charge is 0.492 e. The molecule has 45 heavy (non-hydrogen) atoms. The second-order valence-electron chi connectivity index (χ2n) is 12.1. The van der Waals surface area contributed by atoms with E-state index in [1.165, 1.54) is 37.3 Å². The van der Waals surface area contributed by atoms with Gasteiger partial charge in [0.25, 0.3) is 0 Å². The molecule has 2 aliphatic heterocycles. The van der Waals surface area contributed by atoms with Crippen LogP contribution in [0.1, 0.15) is 31.2 Å². The maximum atomic E-state index is 14.8. The van der Waals surface area contributed by atoms with Crippen LogP contribution in [-0.4, -0.2) is 79.3 Å². The van der Waals surface area contributed by atoms with E-state index in [0.29, 0.717) is 23.7 Å². The van der Waals surface area contributed by atoms with Crippen LogP contribution in [0, 0.1) is 5.82 Å². The van der Waals surface area contributed by atoms with Gasteiger partial charge < -0.3 is 9.72 Å². The lowest BCUT2D eigenvalue weighted by molar-refractivity contribution is 0.237. The molecular weight excluding hydrogens is 567 g/mol. The molecule has 5 aromatic heterocycles. The van der Waals surface area contributed by atoms with E-state index in [1.807, 2.05) is 36.8 Å². The summed E-state index contributed by atoms with van der Waals surface area (Å²) in [6, 6.07) is 13.1. The Morgan fingerprint density at radius 1 is 0.778 bits per heavy atom.